The molecule has 3 N–H and O–H groups in total. The van der Waals surface area contributed by atoms with E-state index in [0.29, 0.717) is 5.88 Å². The number of nitrogens with two attached hydrogens (primary N) is 1. The zero-order valence-electron chi connectivity index (χ0n) is 5.55. The van der Waals surface area contributed by atoms with Gasteiger partial charge in [-0.25, -0.2) is 0 Å². The van der Waals surface area contributed by atoms with Gasteiger partial charge >= 0.3 is 0 Å². The Kier molecular flexibility index (Phi) is 1.06. The Labute approximate surface area is 58.4 Å². The first-order valence-electron chi connectivity index (χ1n) is 3.36. The van der Waals surface area contributed by atoms with Gasteiger partial charge in [0.15, 0.2) is 5.82 Å². The molecular weight excluding hydrogens is 130 g/mol. The van der Waals surface area contributed by atoms with Crippen LogP contribution in [0.25, 0.3) is 0 Å². The number of anilines is 2. The van der Waals surface area contributed by atoms with Gasteiger partial charge in [0.25, 0.3) is 0 Å². The number of fused-ring (bicyclic) bond motifs is 1. The molecule has 0 amide bonds. The second-order valence-corrected chi connectivity index (χ2v) is 2.40. The van der Waals surface area contributed by atoms with E-state index in [4.69, 9.17) is 10.3 Å². The quantitative estimate of drug-likeness (QED) is 0.553. The Balaban J connectivity index is 2.45. The van der Waals surface area contributed by atoms with Crippen molar-refractivity contribution < 1.29 is 4.52 Å². The minimum Gasteiger partial charge on any atom is -0.367 e. The maximum atomic E-state index is 5.49. The normalized spacial score (nSPS) is 16.0. The predicted octanol–water partition coefficient (Wildman–Crippen LogP) is 0.615. The summed E-state index contributed by atoms with van der Waals surface area (Å²) >= 11 is 0. The van der Waals surface area contributed by atoms with Gasteiger partial charge in [-0.2, -0.15) is 0 Å². The van der Waals surface area contributed by atoms with E-state index in [1.54, 1.807) is 0 Å². The van der Waals surface area contributed by atoms with Crippen LogP contribution < -0.4 is 11.1 Å². The second kappa shape index (κ2) is 1.90. The third kappa shape index (κ3) is 0.650. The van der Waals surface area contributed by atoms with Gasteiger partial charge in [-0.1, -0.05) is 5.16 Å². The van der Waals surface area contributed by atoms with Crippen LogP contribution in [-0.4, -0.2) is 11.7 Å². The van der Waals surface area contributed by atoms with Crippen molar-refractivity contribution in [2.45, 2.75) is 12.8 Å². The average molecular weight is 139 g/mol. The van der Waals surface area contributed by atoms with Crippen LogP contribution in [0.5, 0.6) is 0 Å². The summed E-state index contributed by atoms with van der Waals surface area (Å²) in [5.74, 6) is 1.28. The molecule has 2 heterocycles. The van der Waals surface area contributed by atoms with Gasteiger partial charge in [0.1, 0.15) is 0 Å². The Morgan fingerprint density at radius 3 is 3.30 bits per heavy atom. The third-order valence-corrected chi connectivity index (χ3v) is 1.71. The molecule has 54 valence electrons. The fraction of sp³-hybridized carbons (Fsp3) is 0.500. The summed E-state index contributed by atoms with van der Waals surface area (Å²) in [6.07, 6.45) is 2.09. The molecule has 0 bridgehead atoms. The highest BCUT2D eigenvalue weighted by Gasteiger charge is 2.15. The molecule has 0 radical (unpaired) electrons. The van der Waals surface area contributed by atoms with Crippen LogP contribution in [0.4, 0.5) is 11.7 Å². The molecule has 0 aromatic carbocycles. The van der Waals surface area contributed by atoms with E-state index in [2.05, 4.69) is 10.5 Å². The summed E-state index contributed by atoms with van der Waals surface area (Å²) in [6, 6.07) is 0. The number of nitrogen functional groups attached to an aromatic ring is 1. The van der Waals surface area contributed by atoms with Gasteiger partial charge in [0, 0.05) is 6.54 Å². The summed E-state index contributed by atoms with van der Waals surface area (Å²) in [6.45, 7) is 0.971. The topological polar surface area (TPSA) is 64.1 Å². The number of aromatic nitrogens is 1. The molecule has 0 saturated carbocycles. The van der Waals surface area contributed by atoms with E-state index >= 15 is 0 Å². The van der Waals surface area contributed by atoms with E-state index in [1.807, 2.05) is 0 Å². The van der Waals surface area contributed by atoms with Crippen molar-refractivity contribution in [1.82, 2.24) is 5.16 Å². The number of hydrogen-bond donors (Lipinski definition) is 2. The van der Waals surface area contributed by atoms with Crippen molar-refractivity contribution in [2.75, 3.05) is 17.6 Å². The monoisotopic (exact) mass is 139 g/mol. The fourth-order valence-electron chi connectivity index (χ4n) is 1.17. The van der Waals surface area contributed by atoms with Gasteiger partial charge < -0.3 is 15.6 Å². The lowest BCUT2D eigenvalue weighted by molar-refractivity contribution is 0.439. The molecule has 1 aromatic heterocycles. The van der Waals surface area contributed by atoms with Crippen LogP contribution in [0, 0.1) is 0 Å². The maximum Gasteiger partial charge on any atom is 0.227 e. The first-order chi connectivity index (χ1) is 4.88. The lowest BCUT2D eigenvalue weighted by Crippen LogP contribution is -2.11. The van der Waals surface area contributed by atoms with Crippen molar-refractivity contribution in [2.24, 2.45) is 0 Å². The molecule has 4 heteroatoms. The summed E-state index contributed by atoms with van der Waals surface area (Å²) in [4.78, 5) is 0. The zero-order chi connectivity index (χ0) is 6.97. The molecule has 10 heavy (non-hydrogen) atoms. The predicted molar refractivity (Wildman–Crippen MR) is 37.7 cm³/mol. The van der Waals surface area contributed by atoms with Crippen LogP contribution in [-0.2, 0) is 6.42 Å². The van der Waals surface area contributed by atoms with Crippen molar-refractivity contribution in [3.63, 3.8) is 0 Å². The number of hydrogen-bond acceptors (Lipinski definition) is 4. The molecule has 0 saturated heterocycles. The Morgan fingerprint density at radius 1 is 1.60 bits per heavy atom. The summed E-state index contributed by atoms with van der Waals surface area (Å²) in [7, 11) is 0. The first kappa shape index (κ1) is 5.58. The Bertz CT molecular complexity index is 243. The largest absolute Gasteiger partial charge is 0.367 e. The van der Waals surface area contributed by atoms with Crippen molar-refractivity contribution >= 4 is 11.7 Å². The van der Waals surface area contributed by atoms with Crippen LogP contribution in [0.2, 0.25) is 0 Å². The minimum absolute atomic E-state index is 0.460. The molecule has 0 fully saturated rings. The molecule has 2 rings (SSSR count). The van der Waals surface area contributed by atoms with Gasteiger partial charge in [-0.15, -0.1) is 0 Å². The van der Waals surface area contributed by atoms with Crippen LogP contribution in [0.3, 0.4) is 0 Å². The molecule has 1 aromatic rings. The lowest BCUT2D eigenvalue weighted by Gasteiger charge is -2.09. The van der Waals surface area contributed by atoms with Crippen molar-refractivity contribution in [1.29, 1.82) is 0 Å². The van der Waals surface area contributed by atoms with Gasteiger partial charge in [-0.3, -0.25) is 0 Å². The third-order valence-electron chi connectivity index (χ3n) is 1.71. The first-order valence-corrected chi connectivity index (χ1v) is 3.36. The Hall–Kier alpha value is -1.19. The van der Waals surface area contributed by atoms with E-state index in [1.165, 1.54) is 0 Å². The average Bonchev–Trinajstić information content (AvgIpc) is 2.34. The summed E-state index contributed by atoms with van der Waals surface area (Å²) in [5.41, 5.74) is 6.53. The lowest BCUT2D eigenvalue weighted by atomic mass is 10.1. The second-order valence-electron chi connectivity index (χ2n) is 2.40. The van der Waals surface area contributed by atoms with E-state index < -0.39 is 0 Å². The molecule has 1 aliphatic heterocycles. The molecule has 0 atom stereocenters. The molecule has 4 nitrogen and oxygen atoms in total. The summed E-state index contributed by atoms with van der Waals surface area (Å²) < 4.78 is 4.78. The molecule has 1 aliphatic rings. The van der Waals surface area contributed by atoms with Gasteiger partial charge in [-0.05, 0) is 12.8 Å². The number of nitrogens with zero attached hydrogens (tertiary/aromatic N) is 1. The van der Waals surface area contributed by atoms with Crippen molar-refractivity contribution in [3.8, 4) is 0 Å². The highest BCUT2D eigenvalue weighted by Crippen LogP contribution is 2.25. The number of nitrogens with one attached hydrogen (secondary N) is 1. The van der Waals surface area contributed by atoms with E-state index in [9.17, 15) is 0 Å². The maximum absolute atomic E-state index is 5.49. The van der Waals surface area contributed by atoms with Gasteiger partial charge in [0.05, 0.1) is 5.56 Å². The zero-order valence-corrected chi connectivity index (χ0v) is 5.55. The Morgan fingerprint density at radius 2 is 2.50 bits per heavy atom. The van der Waals surface area contributed by atoms with E-state index in [-0.39, 0.29) is 0 Å². The standard InChI is InChI=1S/C6H9N3O/c7-5-4-2-1-3-8-6(4)9-10-5/h1-3,7H2,(H,8,9). The van der Waals surface area contributed by atoms with Gasteiger partial charge in [0.2, 0.25) is 5.88 Å². The van der Waals surface area contributed by atoms with E-state index in [0.717, 1.165) is 30.8 Å². The number of rotatable bonds is 0. The highest BCUT2D eigenvalue weighted by molar-refractivity contribution is 5.55. The molecular formula is C6H9N3O. The smallest absolute Gasteiger partial charge is 0.227 e. The fourth-order valence-corrected chi connectivity index (χ4v) is 1.17. The highest BCUT2D eigenvalue weighted by atomic mass is 16.5. The molecule has 0 spiro atoms. The SMILES string of the molecule is Nc1onc2c1CCCN2. The van der Waals surface area contributed by atoms with Crippen LogP contribution >= 0.6 is 0 Å². The molecule has 0 unspecified atom stereocenters. The van der Waals surface area contributed by atoms with Crippen molar-refractivity contribution in [3.05, 3.63) is 5.56 Å². The summed E-state index contributed by atoms with van der Waals surface area (Å²) in [5, 5.41) is 6.84. The van der Waals surface area contributed by atoms with Crippen LogP contribution in [0.15, 0.2) is 4.52 Å². The minimum atomic E-state index is 0.460. The van der Waals surface area contributed by atoms with Crippen LogP contribution in [0.1, 0.15) is 12.0 Å². The molecule has 0 aliphatic carbocycles.